The van der Waals surface area contributed by atoms with Crippen LogP contribution in [0, 0.1) is 29.6 Å². The first-order valence-corrected chi connectivity index (χ1v) is 11.8. The lowest BCUT2D eigenvalue weighted by atomic mass is 9.78. The van der Waals surface area contributed by atoms with E-state index in [1.807, 2.05) is 0 Å². The van der Waals surface area contributed by atoms with Gasteiger partial charge >= 0.3 is 0 Å². The maximum Gasteiger partial charge on any atom is 0.123 e. The van der Waals surface area contributed by atoms with Crippen molar-refractivity contribution in [1.29, 1.82) is 0 Å². The third-order valence-corrected chi connectivity index (χ3v) is 8.33. The summed E-state index contributed by atoms with van der Waals surface area (Å²) in [5.41, 5.74) is 4.19. The van der Waals surface area contributed by atoms with Crippen LogP contribution in [0.15, 0.2) is 35.9 Å². The number of rotatable bonds is 9. The molecule has 1 aromatic rings. The molecular formula is C27H36O2. The zero-order valence-electron chi connectivity index (χ0n) is 18.1. The van der Waals surface area contributed by atoms with E-state index >= 15 is 0 Å². The van der Waals surface area contributed by atoms with Crippen molar-refractivity contribution in [2.45, 2.75) is 77.0 Å². The van der Waals surface area contributed by atoms with Crippen molar-refractivity contribution in [1.82, 2.24) is 0 Å². The van der Waals surface area contributed by atoms with Gasteiger partial charge in [0.05, 0.1) is 0 Å². The van der Waals surface area contributed by atoms with Gasteiger partial charge in [0.2, 0.25) is 0 Å². The van der Waals surface area contributed by atoms with Gasteiger partial charge in [-0.15, -0.1) is 0 Å². The topological polar surface area (TPSA) is 34.1 Å². The van der Waals surface area contributed by atoms with E-state index in [-0.39, 0.29) is 11.8 Å². The molecule has 0 heterocycles. The van der Waals surface area contributed by atoms with Crippen molar-refractivity contribution >= 4 is 12.6 Å². The van der Waals surface area contributed by atoms with Gasteiger partial charge in [-0.25, -0.2) is 0 Å². The molecule has 3 aliphatic carbocycles. The van der Waals surface area contributed by atoms with Gasteiger partial charge in [-0.1, -0.05) is 56.2 Å². The van der Waals surface area contributed by atoms with E-state index in [1.54, 1.807) is 5.57 Å². The molecule has 2 bridgehead atoms. The summed E-state index contributed by atoms with van der Waals surface area (Å²) in [7, 11) is 0. The van der Waals surface area contributed by atoms with Crippen LogP contribution in [0.2, 0.25) is 0 Å². The number of hydrogen-bond donors (Lipinski definition) is 0. The van der Waals surface area contributed by atoms with Gasteiger partial charge < -0.3 is 9.59 Å². The van der Waals surface area contributed by atoms with Gasteiger partial charge in [0.15, 0.2) is 0 Å². The zero-order chi connectivity index (χ0) is 20.4. The molecule has 2 nitrogen and oxygen atoms in total. The normalized spacial score (nSPS) is 32.1. The molecule has 0 amide bonds. The summed E-state index contributed by atoms with van der Waals surface area (Å²) in [6.07, 6.45) is 14.1. The second kappa shape index (κ2) is 8.98. The van der Waals surface area contributed by atoms with Gasteiger partial charge in [0, 0.05) is 12.3 Å². The van der Waals surface area contributed by atoms with Crippen LogP contribution in [-0.4, -0.2) is 12.6 Å². The quantitative estimate of drug-likeness (QED) is 0.357. The average molecular weight is 393 g/mol. The largest absolute Gasteiger partial charge is 0.303 e. The molecule has 0 N–H and O–H groups in total. The Bertz CT molecular complexity index is 746. The number of carbonyl (C=O) groups excluding carboxylic acids is 2. The smallest absolute Gasteiger partial charge is 0.123 e. The zero-order valence-corrected chi connectivity index (χ0v) is 18.1. The molecule has 0 aliphatic heterocycles. The summed E-state index contributed by atoms with van der Waals surface area (Å²) in [6, 6.07) is 8.64. The molecule has 0 aromatic heterocycles. The molecular weight excluding hydrogens is 356 g/mol. The molecule has 1 aromatic carbocycles. The average Bonchev–Trinajstić information content (AvgIpc) is 3.44. The number of aldehydes is 2. The van der Waals surface area contributed by atoms with E-state index in [4.69, 9.17) is 0 Å². The molecule has 3 aliphatic rings. The minimum Gasteiger partial charge on any atom is -0.303 e. The molecule has 3 fully saturated rings. The van der Waals surface area contributed by atoms with Crippen molar-refractivity contribution in [2.24, 2.45) is 29.6 Å². The molecule has 3 saturated carbocycles. The van der Waals surface area contributed by atoms with E-state index < -0.39 is 0 Å². The lowest BCUT2D eigenvalue weighted by Gasteiger charge is -2.27. The highest BCUT2D eigenvalue weighted by Crippen LogP contribution is 2.60. The van der Waals surface area contributed by atoms with Crippen LogP contribution in [0.4, 0.5) is 0 Å². The predicted molar refractivity (Wildman–Crippen MR) is 118 cm³/mol. The Hall–Kier alpha value is -1.70. The van der Waals surface area contributed by atoms with Crippen LogP contribution < -0.4 is 0 Å². The fourth-order valence-electron chi connectivity index (χ4n) is 6.66. The molecule has 29 heavy (non-hydrogen) atoms. The fraction of sp³-hybridized carbons (Fsp3) is 0.630. The molecule has 2 heteroatoms. The maximum absolute atomic E-state index is 11.8. The van der Waals surface area contributed by atoms with Crippen molar-refractivity contribution in [2.75, 3.05) is 0 Å². The van der Waals surface area contributed by atoms with Crippen LogP contribution in [0.5, 0.6) is 0 Å². The van der Waals surface area contributed by atoms with Crippen LogP contribution in [0.3, 0.4) is 0 Å². The molecule has 0 spiro atoms. The number of carbonyl (C=O) groups is 2. The first-order valence-electron chi connectivity index (χ1n) is 11.8. The highest BCUT2D eigenvalue weighted by molar-refractivity contribution is 5.54. The van der Waals surface area contributed by atoms with Gasteiger partial charge in [-0.2, -0.15) is 0 Å². The summed E-state index contributed by atoms with van der Waals surface area (Å²) in [5, 5.41) is 0. The van der Waals surface area contributed by atoms with E-state index in [1.165, 1.54) is 49.5 Å². The summed E-state index contributed by atoms with van der Waals surface area (Å²) in [5.74, 6) is 4.55. The highest BCUT2D eigenvalue weighted by Gasteiger charge is 2.51. The molecule has 7 unspecified atom stereocenters. The molecule has 0 saturated heterocycles. The Labute approximate surface area is 176 Å². The number of benzene rings is 1. The van der Waals surface area contributed by atoms with E-state index in [9.17, 15) is 9.59 Å². The second-order valence-electron chi connectivity index (χ2n) is 10.1. The summed E-state index contributed by atoms with van der Waals surface area (Å²) >= 11 is 0. The van der Waals surface area contributed by atoms with Gasteiger partial charge in [0.25, 0.3) is 0 Å². The first-order chi connectivity index (χ1) is 14.1. The first kappa shape index (κ1) is 20.6. The van der Waals surface area contributed by atoms with E-state index in [2.05, 4.69) is 44.2 Å². The minimum atomic E-state index is 0.115. The predicted octanol–water partition coefficient (Wildman–Crippen LogP) is 6.46. The molecule has 156 valence electrons. The summed E-state index contributed by atoms with van der Waals surface area (Å²) in [4.78, 5) is 22.5. The highest BCUT2D eigenvalue weighted by atomic mass is 16.1. The maximum atomic E-state index is 11.8. The fourth-order valence-corrected chi connectivity index (χ4v) is 6.66. The van der Waals surface area contributed by atoms with Gasteiger partial charge in [0.1, 0.15) is 12.6 Å². The van der Waals surface area contributed by atoms with Crippen LogP contribution in [-0.2, 0) is 9.59 Å². The standard InChI is InChI=1S/C27H36O2/c1-18(12-13-28)21-8-10-22(11-9-21)19(2)14-20(17-29)6-7-23-15-24-16-27(23)26-5-3-4-25(24)26/h7-11,13,17-20,24-27H,3-6,12,14-16H2,1-2H3/b23-7+. The van der Waals surface area contributed by atoms with Crippen molar-refractivity contribution in [3.05, 3.63) is 47.0 Å². The third kappa shape index (κ3) is 4.27. The van der Waals surface area contributed by atoms with Crippen LogP contribution >= 0.6 is 0 Å². The Kier molecular flexibility index (Phi) is 6.37. The van der Waals surface area contributed by atoms with E-state index in [0.717, 1.165) is 42.8 Å². The monoisotopic (exact) mass is 392 g/mol. The Morgan fingerprint density at radius 2 is 1.66 bits per heavy atom. The lowest BCUT2D eigenvalue weighted by Crippen LogP contribution is -2.18. The molecule has 0 radical (unpaired) electrons. The van der Waals surface area contributed by atoms with Crippen LogP contribution in [0.1, 0.15) is 88.2 Å². The lowest BCUT2D eigenvalue weighted by molar-refractivity contribution is -0.111. The second-order valence-corrected chi connectivity index (χ2v) is 10.1. The third-order valence-electron chi connectivity index (χ3n) is 8.33. The Balaban J connectivity index is 1.33. The number of allylic oxidation sites excluding steroid dienone is 2. The SMILES string of the molecule is CC(CC=O)c1ccc(C(C)CC(C=O)C/C=C2\CC3CC2C2CCCC32)cc1. The van der Waals surface area contributed by atoms with Crippen molar-refractivity contribution in [3.8, 4) is 0 Å². The summed E-state index contributed by atoms with van der Waals surface area (Å²) < 4.78 is 0. The number of hydrogen-bond acceptors (Lipinski definition) is 2. The van der Waals surface area contributed by atoms with Crippen molar-refractivity contribution in [3.63, 3.8) is 0 Å². The summed E-state index contributed by atoms with van der Waals surface area (Å²) in [6.45, 7) is 4.32. The Morgan fingerprint density at radius 3 is 2.34 bits per heavy atom. The minimum absolute atomic E-state index is 0.115. The van der Waals surface area contributed by atoms with Gasteiger partial charge in [-0.05, 0) is 85.2 Å². The van der Waals surface area contributed by atoms with Crippen molar-refractivity contribution < 1.29 is 9.59 Å². The Morgan fingerprint density at radius 1 is 0.966 bits per heavy atom. The van der Waals surface area contributed by atoms with Gasteiger partial charge in [-0.3, -0.25) is 0 Å². The number of fused-ring (bicyclic) bond motifs is 5. The van der Waals surface area contributed by atoms with Crippen LogP contribution in [0.25, 0.3) is 0 Å². The van der Waals surface area contributed by atoms with E-state index in [0.29, 0.717) is 12.3 Å². The molecule has 7 atom stereocenters. The molecule has 4 rings (SSSR count).